The van der Waals surface area contributed by atoms with Crippen LogP contribution in [0.25, 0.3) is 0 Å². The second-order valence-corrected chi connectivity index (χ2v) is 6.21. The van der Waals surface area contributed by atoms with Crippen molar-refractivity contribution in [3.8, 4) is 5.88 Å². The van der Waals surface area contributed by atoms with Crippen LogP contribution in [-0.4, -0.2) is 47.8 Å². The third-order valence-corrected chi connectivity index (χ3v) is 4.05. The van der Waals surface area contributed by atoms with E-state index >= 15 is 0 Å². The third kappa shape index (κ3) is 3.79. The van der Waals surface area contributed by atoms with Crippen molar-refractivity contribution in [1.29, 1.82) is 0 Å². The summed E-state index contributed by atoms with van der Waals surface area (Å²) in [4.78, 5) is 14.5. The Morgan fingerprint density at radius 2 is 2.08 bits per heavy atom. The van der Waals surface area contributed by atoms with Crippen LogP contribution in [-0.2, 0) is 6.54 Å². The van der Waals surface area contributed by atoms with Crippen LogP contribution in [0.5, 0.6) is 5.88 Å². The number of benzene rings is 1. The quantitative estimate of drug-likeness (QED) is 0.865. The monoisotopic (exact) mass is 350 g/mol. The molecule has 2 heterocycles. The number of aromatic nitrogens is 2. The van der Waals surface area contributed by atoms with Crippen LogP contribution in [0.3, 0.4) is 0 Å². The number of nitrogens with zero attached hydrogens (tertiary/aromatic N) is 3. The molecule has 134 valence electrons. The number of carbonyl (C=O) groups is 1. The number of nitrogens with one attached hydrogen (secondary N) is 1. The second-order valence-electron chi connectivity index (χ2n) is 6.21. The van der Waals surface area contributed by atoms with Gasteiger partial charge in [-0.25, -0.2) is 9.07 Å². The zero-order valence-corrected chi connectivity index (χ0v) is 14.1. The lowest BCUT2D eigenvalue weighted by molar-refractivity contribution is 0.0922. The molecule has 0 saturated heterocycles. The van der Waals surface area contributed by atoms with Gasteiger partial charge in [0.2, 0.25) is 11.7 Å². The van der Waals surface area contributed by atoms with Crippen LogP contribution >= 0.6 is 0 Å². The first-order chi connectivity index (χ1) is 12.0. The van der Waals surface area contributed by atoms with Gasteiger partial charge in [-0.3, -0.25) is 4.79 Å². The van der Waals surface area contributed by atoms with E-state index in [2.05, 4.69) is 10.4 Å². The summed E-state index contributed by atoms with van der Waals surface area (Å²) in [5.41, 5.74) is 0.465. The molecule has 0 bridgehead atoms. The average molecular weight is 350 g/mol. The molecule has 25 heavy (non-hydrogen) atoms. The second kappa shape index (κ2) is 7.18. The first-order valence-electron chi connectivity index (χ1n) is 8.06. The van der Waals surface area contributed by atoms with E-state index in [1.807, 2.05) is 19.0 Å². The zero-order chi connectivity index (χ0) is 18.0. The van der Waals surface area contributed by atoms with Gasteiger partial charge in [-0.05, 0) is 44.8 Å². The standard InChI is InChI=1S/C17H20F2N4O2/c1-22(2)8-7-13(11-3-5-12(18)6-4-11)20-16(24)15-14(19)17-23(21-15)9-10-25-17/h3-6,13H,7-10H2,1-2H3,(H,20,24). The minimum absolute atomic E-state index is 0.00299. The molecule has 8 heteroatoms. The molecule has 1 unspecified atom stereocenters. The highest BCUT2D eigenvalue weighted by Gasteiger charge is 2.29. The Bertz CT molecular complexity index is 759. The van der Waals surface area contributed by atoms with Crippen LogP contribution in [0, 0.1) is 11.6 Å². The van der Waals surface area contributed by atoms with Crippen LogP contribution in [0.1, 0.15) is 28.5 Å². The van der Waals surface area contributed by atoms with Crippen molar-refractivity contribution >= 4 is 5.91 Å². The smallest absolute Gasteiger partial charge is 0.275 e. The normalized spacial score (nSPS) is 14.3. The lowest BCUT2D eigenvalue weighted by Crippen LogP contribution is -2.32. The first kappa shape index (κ1) is 17.3. The van der Waals surface area contributed by atoms with Gasteiger partial charge >= 0.3 is 0 Å². The summed E-state index contributed by atoms with van der Waals surface area (Å²) in [5.74, 6) is -1.72. The molecule has 1 atom stereocenters. The van der Waals surface area contributed by atoms with Gasteiger partial charge in [0.25, 0.3) is 5.91 Å². The number of halogens is 2. The zero-order valence-electron chi connectivity index (χ0n) is 14.1. The van der Waals surface area contributed by atoms with Gasteiger partial charge < -0.3 is 15.0 Å². The molecule has 0 aliphatic carbocycles. The van der Waals surface area contributed by atoms with Crippen molar-refractivity contribution < 1.29 is 18.3 Å². The third-order valence-electron chi connectivity index (χ3n) is 4.05. The Labute approximate surface area is 144 Å². The first-order valence-corrected chi connectivity index (χ1v) is 8.06. The van der Waals surface area contributed by atoms with E-state index in [9.17, 15) is 13.6 Å². The van der Waals surface area contributed by atoms with Gasteiger partial charge in [0.05, 0.1) is 12.6 Å². The molecule has 1 aromatic carbocycles. The number of amides is 1. The molecule has 1 aliphatic rings. The Morgan fingerprint density at radius 1 is 1.36 bits per heavy atom. The lowest BCUT2D eigenvalue weighted by atomic mass is 10.0. The fourth-order valence-electron chi connectivity index (χ4n) is 2.72. The van der Waals surface area contributed by atoms with Gasteiger partial charge in [0.1, 0.15) is 12.4 Å². The van der Waals surface area contributed by atoms with Crippen LogP contribution in [0.15, 0.2) is 24.3 Å². The predicted molar refractivity (Wildman–Crippen MR) is 87.5 cm³/mol. The van der Waals surface area contributed by atoms with Gasteiger partial charge in [0, 0.05) is 0 Å². The van der Waals surface area contributed by atoms with Crippen LogP contribution in [0.2, 0.25) is 0 Å². The summed E-state index contributed by atoms with van der Waals surface area (Å²) >= 11 is 0. The Kier molecular flexibility index (Phi) is 4.98. The van der Waals surface area contributed by atoms with E-state index < -0.39 is 11.7 Å². The van der Waals surface area contributed by atoms with E-state index in [-0.39, 0.29) is 23.4 Å². The number of carbonyl (C=O) groups excluding carboxylic acids is 1. The number of hydrogen-bond acceptors (Lipinski definition) is 4. The molecular weight excluding hydrogens is 330 g/mol. The Balaban J connectivity index is 1.79. The van der Waals surface area contributed by atoms with Gasteiger partial charge in [-0.15, -0.1) is 0 Å². The highest BCUT2D eigenvalue weighted by molar-refractivity contribution is 5.93. The number of rotatable bonds is 6. The molecule has 1 N–H and O–H groups in total. The molecular formula is C17H20F2N4O2. The van der Waals surface area contributed by atoms with E-state index in [1.165, 1.54) is 16.8 Å². The largest absolute Gasteiger partial charge is 0.474 e. The topological polar surface area (TPSA) is 59.4 Å². The molecule has 6 nitrogen and oxygen atoms in total. The van der Waals surface area contributed by atoms with Gasteiger partial charge in [0.15, 0.2) is 5.69 Å². The van der Waals surface area contributed by atoms with Gasteiger partial charge in [-0.2, -0.15) is 9.49 Å². The highest BCUT2D eigenvalue weighted by Crippen LogP contribution is 2.25. The van der Waals surface area contributed by atoms with E-state index in [0.29, 0.717) is 26.1 Å². The van der Waals surface area contributed by atoms with Crippen molar-refractivity contribution in [1.82, 2.24) is 20.0 Å². The van der Waals surface area contributed by atoms with Crippen molar-refractivity contribution in [3.05, 3.63) is 47.2 Å². The predicted octanol–water partition coefficient (Wildman–Crippen LogP) is 1.98. The maximum Gasteiger partial charge on any atom is 0.275 e. The molecule has 3 rings (SSSR count). The molecule has 1 amide bonds. The van der Waals surface area contributed by atoms with E-state index in [0.717, 1.165) is 5.56 Å². The van der Waals surface area contributed by atoms with Crippen molar-refractivity contribution in [2.45, 2.75) is 19.0 Å². The summed E-state index contributed by atoms with van der Waals surface area (Å²) in [6.45, 7) is 1.47. The van der Waals surface area contributed by atoms with Crippen LogP contribution < -0.4 is 10.1 Å². The fraction of sp³-hybridized carbons (Fsp3) is 0.412. The summed E-state index contributed by atoms with van der Waals surface area (Å²) in [5, 5.41) is 6.78. The molecule has 1 aromatic heterocycles. The van der Waals surface area contributed by atoms with Gasteiger partial charge in [-0.1, -0.05) is 12.1 Å². The minimum Gasteiger partial charge on any atom is -0.474 e. The Hall–Kier alpha value is -2.48. The highest BCUT2D eigenvalue weighted by atomic mass is 19.1. The molecule has 0 saturated carbocycles. The SMILES string of the molecule is CN(C)CCC(NC(=O)c1nn2c(c1F)OCC2)c1ccc(F)cc1. The summed E-state index contributed by atoms with van der Waals surface area (Å²) in [6.07, 6.45) is 0.593. The van der Waals surface area contributed by atoms with E-state index in [4.69, 9.17) is 4.74 Å². The van der Waals surface area contributed by atoms with Crippen molar-refractivity contribution in [3.63, 3.8) is 0 Å². The lowest BCUT2D eigenvalue weighted by Gasteiger charge is -2.21. The van der Waals surface area contributed by atoms with E-state index in [1.54, 1.807) is 12.1 Å². The molecule has 2 aromatic rings. The minimum atomic E-state index is -0.750. The van der Waals surface area contributed by atoms with Crippen molar-refractivity contribution in [2.24, 2.45) is 0 Å². The number of fused-ring (bicyclic) bond motifs is 1. The van der Waals surface area contributed by atoms with Crippen LogP contribution in [0.4, 0.5) is 8.78 Å². The van der Waals surface area contributed by atoms with Crippen molar-refractivity contribution in [2.75, 3.05) is 27.2 Å². The fourth-order valence-corrected chi connectivity index (χ4v) is 2.72. The summed E-state index contributed by atoms with van der Waals surface area (Å²) < 4.78 is 33.9. The summed E-state index contributed by atoms with van der Waals surface area (Å²) in [6, 6.07) is 5.52. The molecule has 0 radical (unpaired) electrons. The maximum absolute atomic E-state index is 14.3. The molecule has 1 aliphatic heterocycles. The maximum atomic E-state index is 14.3. The Morgan fingerprint density at radius 3 is 2.72 bits per heavy atom. The molecule has 0 fully saturated rings. The average Bonchev–Trinajstić information content (AvgIpc) is 3.15. The molecule has 0 spiro atoms. The summed E-state index contributed by atoms with van der Waals surface area (Å²) in [7, 11) is 3.83. The number of hydrogen-bond donors (Lipinski definition) is 1. The number of ether oxygens (including phenoxy) is 1.